The van der Waals surface area contributed by atoms with E-state index >= 15 is 0 Å². The van der Waals surface area contributed by atoms with Crippen LogP contribution in [-0.4, -0.2) is 21.3 Å². The molecule has 1 heterocycles. The summed E-state index contributed by atoms with van der Waals surface area (Å²) >= 11 is 0. The molecule has 1 unspecified atom stereocenters. The largest absolute Gasteiger partial charge is 0.388 e. The Balaban J connectivity index is 3.03. The van der Waals surface area contributed by atoms with Crippen LogP contribution in [0.1, 0.15) is 36.4 Å². The first-order valence-electron chi connectivity index (χ1n) is 4.97. The van der Waals surface area contributed by atoms with Gasteiger partial charge in [0.2, 0.25) is 0 Å². The van der Waals surface area contributed by atoms with E-state index in [1.807, 2.05) is 6.92 Å². The summed E-state index contributed by atoms with van der Waals surface area (Å²) in [5.74, 6) is 0. The van der Waals surface area contributed by atoms with Crippen LogP contribution in [0.3, 0.4) is 0 Å². The molecule has 0 spiro atoms. The lowest BCUT2D eigenvalue weighted by Crippen LogP contribution is -2.10. The average molecular weight is 218 g/mol. The third-order valence-electron chi connectivity index (χ3n) is 2.47. The van der Waals surface area contributed by atoms with Gasteiger partial charge >= 0.3 is 0 Å². The Morgan fingerprint density at radius 2 is 2.00 bits per heavy atom. The maximum atomic E-state index is 12.2. The number of hydrogen-bond acceptors (Lipinski definition) is 2. The summed E-state index contributed by atoms with van der Waals surface area (Å²) in [6, 6.07) is 0. The van der Waals surface area contributed by atoms with E-state index in [1.165, 1.54) is 4.68 Å². The first kappa shape index (κ1) is 12.1. The lowest BCUT2D eigenvalue weighted by atomic mass is 10.1. The third kappa shape index (κ3) is 2.53. The van der Waals surface area contributed by atoms with Crippen LogP contribution in [0.2, 0.25) is 0 Å². The van der Waals surface area contributed by atoms with Gasteiger partial charge in [0.1, 0.15) is 6.54 Å². The second-order valence-corrected chi connectivity index (χ2v) is 3.58. The Hall–Kier alpha value is -0.970. The number of aryl methyl sites for hydroxylation is 1. The standard InChI is InChI=1S/C10H16F2N2O/c1-4-8(15)10-6(2)13-14(7(10)3)5-9(11)12/h8-9,15H,4-5H2,1-3H3. The zero-order chi connectivity index (χ0) is 11.6. The van der Waals surface area contributed by atoms with Crippen molar-refractivity contribution in [2.24, 2.45) is 0 Å². The van der Waals surface area contributed by atoms with Gasteiger partial charge in [-0.05, 0) is 20.3 Å². The predicted octanol–water partition coefficient (Wildman–Crippen LogP) is 2.21. The van der Waals surface area contributed by atoms with Crippen molar-refractivity contribution in [2.45, 2.75) is 46.3 Å². The summed E-state index contributed by atoms with van der Waals surface area (Å²) < 4.78 is 25.7. The molecule has 1 rings (SSSR count). The molecule has 0 fully saturated rings. The lowest BCUT2D eigenvalue weighted by Gasteiger charge is -2.08. The summed E-state index contributed by atoms with van der Waals surface area (Å²) in [6.45, 7) is 4.86. The Morgan fingerprint density at radius 1 is 1.40 bits per heavy atom. The fourth-order valence-corrected chi connectivity index (χ4v) is 1.71. The lowest BCUT2D eigenvalue weighted by molar-refractivity contribution is 0.120. The van der Waals surface area contributed by atoms with Gasteiger partial charge in [-0.3, -0.25) is 4.68 Å². The number of halogens is 2. The molecule has 5 heteroatoms. The van der Waals surface area contributed by atoms with Gasteiger partial charge in [-0.1, -0.05) is 6.92 Å². The van der Waals surface area contributed by atoms with Gasteiger partial charge in [-0.25, -0.2) is 8.78 Å². The van der Waals surface area contributed by atoms with Gasteiger partial charge in [0.05, 0.1) is 11.8 Å². The van der Waals surface area contributed by atoms with E-state index in [0.717, 1.165) is 0 Å². The predicted molar refractivity (Wildman–Crippen MR) is 53.0 cm³/mol. The minimum atomic E-state index is -2.42. The summed E-state index contributed by atoms with van der Waals surface area (Å²) in [7, 11) is 0. The molecule has 1 aromatic rings. The molecule has 15 heavy (non-hydrogen) atoms. The topological polar surface area (TPSA) is 38.1 Å². The monoisotopic (exact) mass is 218 g/mol. The van der Waals surface area contributed by atoms with E-state index in [1.54, 1.807) is 13.8 Å². The Morgan fingerprint density at radius 3 is 2.47 bits per heavy atom. The van der Waals surface area contributed by atoms with Crippen LogP contribution < -0.4 is 0 Å². The fourth-order valence-electron chi connectivity index (χ4n) is 1.71. The molecule has 0 saturated carbocycles. The number of hydrogen-bond donors (Lipinski definition) is 1. The normalized spacial score (nSPS) is 13.5. The number of alkyl halides is 2. The van der Waals surface area contributed by atoms with Crippen molar-refractivity contribution in [3.8, 4) is 0 Å². The van der Waals surface area contributed by atoms with Gasteiger partial charge in [0.25, 0.3) is 6.43 Å². The smallest absolute Gasteiger partial charge is 0.257 e. The van der Waals surface area contributed by atoms with E-state index in [2.05, 4.69) is 5.10 Å². The van der Waals surface area contributed by atoms with Gasteiger partial charge < -0.3 is 5.11 Å². The summed E-state index contributed by atoms with van der Waals surface area (Å²) in [6.07, 6.45) is -2.48. The first-order chi connectivity index (χ1) is 6.97. The Kier molecular flexibility index (Phi) is 3.79. The van der Waals surface area contributed by atoms with Crippen molar-refractivity contribution in [3.05, 3.63) is 17.0 Å². The molecule has 0 aliphatic heterocycles. The maximum absolute atomic E-state index is 12.2. The molecule has 0 aliphatic carbocycles. The van der Waals surface area contributed by atoms with Crippen LogP contribution >= 0.6 is 0 Å². The number of aromatic nitrogens is 2. The van der Waals surface area contributed by atoms with E-state index in [0.29, 0.717) is 23.4 Å². The average Bonchev–Trinajstić information content (AvgIpc) is 2.40. The maximum Gasteiger partial charge on any atom is 0.257 e. The molecular formula is C10H16F2N2O. The van der Waals surface area contributed by atoms with Crippen LogP contribution in [0.15, 0.2) is 0 Å². The summed E-state index contributed by atoms with van der Waals surface area (Å²) in [5.41, 5.74) is 1.93. The number of aliphatic hydroxyl groups is 1. The highest BCUT2D eigenvalue weighted by atomic mass is 19.3. The van der Waals surface area contributed by atoms with Crippen LogP contribution in [0.5, 0.6) is 0 Å². The van der Waals surface area contributed by atoms with Crippen molar-refractivity contribution in [1.29, 1.82) is 0 Å². The SMILES string of the molecule is CCC(O)c1c(C)nn(CC(F)F)c1C. The van der Waals surface area contributed by atoms with Gasteiger partial charge in [0, 0.05) is 11.3 Å². The molecule has 1 aromatic heterocycles. The molecule has 0 bridgehead atoms. The quantitative estimate of drug-likeness (QED) is 0.841. The van der Waals surface area contributed by atoms with Gasteiger partial charge in [-0.15, -0.1) is 0 Å². The van der Waals surface area contributed by atoms with Crippen molar-refractivity contribution in [2.75, 3.05) is 0 Å². The molecule has 0 saturated heterocycles. The minimum absolute atomic E-state index is 0.414. The van der Waals surface area contributed by atoms with Crippen molar-refractivity contribution in [1.82, 2.24) is 9.78 Å². The molecule has 3 nitrogen and oxygen atoms in total. The molecule has 0 amide bonds. The fraction of sp³-hybridized carbons (Fsp3) is 0.700. The van der Waals surface area contributed by atoms with Crippen molar-refractivity contribution in [3.63, 3.8) is 0 Å². The van der Waals surface area contributed by atoms with E-state index < -0.39 is 19.1 Å². The molecule has 0 aromatic carbocycles. The van der Waals surface area contributed by atoms with Crippen LogP contribution in [0, 0.1) is 13.8 Å². The molecule has 0 radical (unpaired) electrons. The molecule has 86 valence electrons. The van der Waals surface area contributed by atoms with Crippen LogP contribution in [0.4, 0.5) is 8.78 Å². The number of aliphatic hydroxyl groups excluding tert-OH is 1. The molecule has 1 N–H and O–H groups in total. The van der Waals surface area contributed by atoms with E-state index in [-0.39, 0.29) is 0 Å². The summed E-state index contributed by atoms with van der Waals surface area (Å²) in [4.78, 5) is 0. The van der Waals surface area contributed by atoms with Gasteiger partial charge in [-0.2, -0.15) is 5.10 Å². The zero-order valence-corrected chi connectivity index (χ0v) is 9.17. The number of rotatable bonds is 4. The third-order valence-corrected chi connectivity index (χ3v) is 2.47. The van der Waals surface area contributed by atoms with Crippen LogP contribution in [0.25, 0.3) is 0 Å². The highest BCUT2D eigenvalue weighted by Gasteiger charge is 2.18. The van der Waals surface area contributed by atoms with Crippen molar-refractivity contribution < 1.29 is 13.9 Å². The molecule has 1 atom stereocenters. The number of nitrogens with zero attached hydrogens (tertiary/aromatic N) is 2. The zero-order valence-electron chi connectivity index (χ0n) is 9.17. The van der Waals surface area contributed by atoms with Crippen LogP contribution in [-0.2, 0) is 6.54 Å². The van der Waals surface area contributed by atoms with Crippen molar-refractivity contribution >= 4 is 0 Å². The molecular weight excluding hydrogens is 202 g/mol. The second-order valence-electron chi connectivity index (χ2n) is 3.58. The molecule has 0 aliphatic rings. The highest BCUT2D eigenvalue weighted by molar-refractivity contribution is 5.26. The van der Waals surface area contributed by atoms with E-state index in [9.17, 15) is 13.9 Å². The van der Waals surface area contributed by atoms with E-state index in [4.69, 9.17) is 0 Å². The minimum Gasteiger partial charge on any atom is -0.388 e. The summed E-state index contributed by atoms with van der Waals surface area (Å²) in [5, 5.41) is 13.7. The van der Waals surface area contributed by atoms with Gasteiger partial charge in [0.15, 0.2) is 0 Å². The highest BCUT2D eigenvalue weighted by Crippen LogP contribution is 2.24. The second kappa shape index (κ2) is 4.70. The Labute approximate surface area is 87.7 Å². The Bertz CT molecular complexity index is 336. The first-order valence-corrected chi connectivity index (χ1v) is 4.97.